The van der Waals surface area contributed by atoms with Gasteiger partial charge in [-0.3, -0.25) is 9.48 Å². The summed E-state index contributed by atoms with van der Waals surface area (Å²) in [5.41, 5.74) is 1.40. The molecule has 1 saturated heterocycles. The van der Waals surface area contributed by atoms with Gasteiger partial charge in [0.05, 0.1) is 17.9 Å². The molecule has 0 saturated carbocycles. The molecule has 7 heteroatoms. The number of aliphatic hydroxyl groups is 1. The Hall–Kier alpha value is -1.86. The van der Waals surface area contributed by atoms with Crippen molar-refractivity contribution in [3.05, 3.63) is 41.7 Å². The van der Waals surface area contributed by atoms with Gasteiger partial charge in [-0.05, 0) is 44.1 Å². The Labute approximate surface area is 152 Å². The van der Waals surface area contributed by atoms with Crippen molar-refractivity contribution in [2.75, 3.05) is 19.3 Å². The van der Waals surface area contributed by atoms with Crippen LogP contribution in [0.25, 0.3) is 0 Å². The Balaban J connectivity index is 1.57. The molecule has 2 aromatic rings. The number of carbonyl (C=O) groups is 1. The molecule has 1 N–H and O–H groups in total. The fourth-order valence-corrected chi connectivity index (χ4v) is 3.76. The maximum atomic E-state index is 12.8. The second kappa shape index (κ2) is 8.01. The number of nitrogens with zero attached hydrogens (tertiary/aromatic N) is 4. The maximum absolute atomic E-state index is 12.8. The van der Waals surface area contributed by atoms with Gasteiger partial charge in [-0.15, -0.1) is 16.9 Å². The monoisotopic (exact) mass is 360 g/mol. The second-order valence-corrected chi connectivity index (χ2v) is 7.33. The summed E-state index contributed by atoms with van der Waals surface area (Å²) in [5, 5.41) is 17.6. The molecule has 1 fully saturated rings. The van der Waals surface area contributed by atoms with Crippen molar-refractivity contribution in [3.8, 4) is 0 Å². The molecule has 1 amide bonds. The highest BCUT2D eigenvalue weighted by atomic mass is 32.2. The van der Waals surface area contributed by atoms with Gasteiger partial charge in [-0.1, -0.05) is 17.3 Å². The molecule has 2 heterocycles. The zero-order valence-corrected chi connectivity index (χ0v) is 15.4. The molecular weight excluding hydrogens is 336 g/mol. The minimum absolute atomic E-state index is 0.126. The first-order chi connectivity index (χ1) is 12.1. The van der Waals surface area contributed by atoms with Crippen LogP contribution in [0.4, 0.5) is 0 Å². The quantitative estimate of drug-likeness (QED) is 0.830. The smallest absolute Gasteiger partial charge is 0.254 e. The minimum atomic E-state index is -0.593. The first-order valence-electron chi connectivity index (χ1n) is 8.59. The third-order valence-electron chi connectivity index (χ3n) is 4.67. The van der Waals surface area contributed by atoms with Crippen LogP contribution in [0.3, 0.4) is 0 Å². The highest BCUT2D eigenvalue weighted by Gasteiger charge is 2.25. The van der Waals surface area contributed by atoms with Crippen molar-refractivity contribution in [1.82, 2.24) is 19.9 Å². The fourth-order valence-electron chi connectivity index (χ4n) is 3.17. The molecule has 0 aliphatic carbocycles. The molecule has 3 rings (SSSR count). The summed E-state index contributed by atoms with van der Waals surface area (Å²) in [6.45, 7) is 4.00. The molecule has 134 valence electrons. The molecule has 1 aromatic carbocycles. The molecule has 0 radical (unpaired) electrons. The molecule has 0 spiro atoms. The summed E-state index contributed by atoms with van der Waals surface area (Å²) < 4.78 is 1.80. The van der Waals surface area contributed by atoms with E-state index in [9.17, 15) is 9.90 Å². The number of benzene rings is 1. The lowest BCUT2D eigenvalue weighted by atomic mass is 9.96. The fraction of sp³-hybridized carbons (Fsp3) is 0.500. The van der Waals surface area contributed by atoms with Crippen molar-refractivity contribution >= 4 is 17.7 Å². The van der Waals surface area contributed by atoms with Crippen LogP contribution >= 0.6 is 11.8 Å². The number of amides is 1. The zero-order valence-electron chi connectivity index (χ0n) is 14.6. The van der Waals surface area contributed by atoms with Crippen molar-refractivity contribution in [1.29, 1.82) is 0 Å². The highest BCUT2D eigenvalue weighted by molar-refractivity contribution is 7.98. The van der Waals surface area contributed by atoms with Gasteiger partial charge in [0.2, 0.25) is 0 Å². The summed E-state index contributed by atoms with van der Waals surface area (Å²) in [6.07, 6.45) is 5.12. The van der Waals surface area contributed by atoms with E-state index in [1.165, 1.54) is 0 Å². The molecule has 1 aliphatic rings. The number of aromatic nitrogens is 3. The summed E-state index contributed by atoms with van der Waals surface area (Å²) >= 11 is 1.61. The molecule has 6 nitrogen and oxygen atoms in total. The first kappa shape index (κ1) is 17.9. The predicted molar refractivity (Wildman–Crippen MR) is 97.5 cm³/mol. The van der Waals surface area contributed by atoms with E-state index in [1.807, 2.05) is 35.4 Å². The molecule has 25 heavy (non-hydrogen) atoms. The van der Waals surface area contributed by atoms with Crippen LogP contribution in [0.5, 0.6) is 0 Å². The Bertz CT molecular complexity index is 723. The Morgan fingerprint density at radius 2 is 2.08 bits per heavy atom. The summed E-state index contributed by atoms with van der Waals surface area (Å²) in [6, 6.07) is 7.79. The largest absolute Gasteiger partial charge is 0.387 e. The van der Waals surface area contributed by atoms with Crippen molar-refractivity contribution in [2.24, 2.45) is 5.92 Å². The average molecular weight is 360 g/mol. The van der Waals surface area contributed by atoms with Crippen LogP contribution in [-0.4, -0.2) is 50.3 Å². The average Bonchev–Trinajstić information content (AvgIpc) is 3.10. The van der Waals surface area contributed by atoms with E-state index in [4.69, 9.17) is 0 Å². The summed E-state index contributed by atoms with van der Waals surface area (Å²) in [5.74, 6) is 0.601. The number of carbonyl (C=O) groups excluding carboxylic acids is 1. The minimum Gasteiger partial charge on any atom is -0.387 e. The van der Waals surface area contributed by atoms with Crippen LogP contribution in [-0.2, 0) is 6.54 Å². The van der Waals surface area contributed by atoms with E-state index >= 15 is 0 Å². The number of hydrogen-bond acceptors (Lipinski definition) is 5. The van der Waals surface area contributed by atoms with Gasteiger partial charge in [0.25, 0.3) is 5.91 Å². The molecule has 1 unspecified atom stereocenters. The van der Waals surface area contributed by atoms with Crippen molar-refractivity contribution in [2.45, 2.75) is 37.3 Å². The predicted octanol–water partition coefficient (Wildman–Crippen LogP) is 2.61. The lowest BCUT2D eigenvalue weighted by molar-refractivity contribution is 0.0677. The van der Waals surface area contributed by atoms with Crippen LogP contribution in [0.1, 0.15) is 41.9 Å². The van der Waals surface area contributed by atoms with E-state index in [2.05, 4.69) is 10.3 Å². The van der Waals surface area contributed by atoms with Gasteiger partial charge in [-0.25, -0.2) is 0 Å². The Morgan fingerprint density at radius 1 is 1.36 bits per heavy atom. The van der Waals surface area contributed by atoms with Gasteiger partial charge in [0.1, 0.15) is 5.69 Å². The van der Waals surface area contributed by atoms with Crippen LogP contribution < -0.4 is 0 Å². The van der Waals surface area contributed by atoms with Gasteiger partial charge in [0.15, 0.2) is 0 Å². The third kappa shape index (κ3) is 4.22. The highest BCUT2D eigenvalue weighted by Crippen LogP contribution is 2.25. The molecule has 1 atom stereocenters. The number of rotatable bonds is 5. The van der Waals surface area contributed by atoms with E-state index in [0.717, 1.165) is 42.9 Å². The lowest BCUT2D eigenvalue weighted by Gasteiger charge is -2.32. The SMILES string of the molecule is CSc1ccccc1C(=O)N1CCC(Cn2cc(C(C)O)nn2)CC1. The van der Waals surface area contributed by atoms with Crippen LogP contribution in [0, 0.1) is 5.92 Å². The second-order valence-electron chi connectivity index (χ2n) is 6.48. The van der Waals surface area contributed by atoms with E-state index in [0.29, 0.717) is 11.6 Å². The maximum Gasteiger partial charge on any atom is 0.254 e. The third-order valence-corrected chi connectivity index (χ3v) is 5.46. The Morgan fingerprint density at radius 3 is 2.72 bits per heavy atom. The van der Waals surface area contributed by atoms with Gasteiger partial charge < -0.3 is 10.0 Å². The standard InChI is InChI=1S/C18H24N4O2S/c1-13(23)16-12-22(20-19-16)11-14-7-9-21(10-8-14)18(24)15-5-3-4-6-17(15)25-2/h3-6,12-14,23H,7-11H2,1-2H3. The molecule has 1 aliphatic heterocycles. The van der Waals surface area contributed by atoms with Crippen molar-refractivity contribution in [3.63, 3.8) is 0 Å². The zero-order chi connectivity index (χ0) is 17.8. The number of likely N-dealkylation sites (tertiary alicyclic amines) is 1. The number of piperidine rings is 1. The van der Waals surface area contributed by atoms with Gasteiger partial charge in [0, 0.05) is 24.5 Å². The van der Waals surface area contributed by atoms with E-state index in [-0.39, 0.29) is 5.91 Å². The van der Waals surface area contributed by atoms with Crippen LogP contribution in [0.2, 0.25) is 0 Å². The number of hydrogen-bond donors (Lipinski definition) is 1. The number of thioether (sulfide) groups is 1. The lowest BCUT2D eigenvalue weighted by Crippen LogP contribution is -2.39. The summed E-state index contributed by atoms with van der Waals surface area (Å²) in [7, 11) is 0. The number of aliphatic hydroxyl groups excluding tert-OH is 1. The normalized spacial score (nSPS) is 16.8. The van der Waals surface area contributed by atoms with Crippen LogP contribution in [0.15, 0.2) is 35.4 Å². The molecule has 0 bridgehead atoms. The van der Waals surface area contributed by atoms with Gasteiger partial charge in [-0.2, -0.15) is 0 Å². The van der Waals surface area contributed by atoms with Gasteiger partial charge >= 0.3 is 0 Å². The Kier molecular flexibility index (Phi) is 5.75. The summed E-state index contributed by atoms with van der Waals surface area (Å²) in [4.78, 5) is 15.8. The van der Waals surface area contributed by atoms with E-state index in [1.54, 1.807) is 29.6 Å². The molecular formula is C18H24N4O2S. The molecule has 1 aromatic heterocycles. The first-order valence-corrected chi connectivity index (χ1v) is 9.81. The topological polar surface area (TPSA) is 71.2 Å². The van der Waals surface area contributed by atoms with E-state index < -0.39 is 6.10 Å². The van der Waals surface area contributed by atoms with Crippen molar-refractivity contribution < 1.29 is 9.90 Å².